The van der Waals surface area contributed by atoms with E-state index in [2.05, 4.69) is 26.1 Å². The molecule has 0 radical (unpaired) electrons. The van der Waals surface area contributed by atoms with Gasteiger partial charge in [0.15, 0.2) is 0 Å². The molecule has 2 amide bonds. The molecule has 1 fully saturated rings. The molecule has 4 heteroatoms. The first-order valence-electron chi connectivity index (χ1n) is 7.61. The van der Waals surface area contributed by atoms with Gasteiger partial charge in [0, 0.05) is 12.5 Å². The van der Waals surface area contributed by atoms with E-state index in [1.165, 1.54) is 0 Å². The summed E-state index contributed by atoms with van der Waals surface area (Å²) in [5, 5.41) is 2.89. The summed E-state index contributed by atoms with van der Waals surface area (Å²) in [5.41, 5.74) is 4.96. The maximum atomic E-state index is 12.2. The Bertz CT molecular complexity index is 361. The van der Waals surface area contributed by atoms with Crippen LogP contribution in [0.5, 0.6) is 0 Å². The van der Waals surface area contributed by atoms with Crippen LogP contribution in [0.2, 0.25) is 0 Å². The van der Waals surface area contributed by atoms with Gasteiger partial charge in [0.1, 0.15) is 0 Å². The molecular formula is C16H30N2O2. The van der Waals surface area contributed by atoms with Gasteiger partial charge in [-0.15, -0.1) is 0 Å². The summed E-state index contributed by atoms with van der Waals surface area (Å²) < 4.78 is 0. The van der Waals surface area contributed by atoms with Gasteiger partial charge in [0.2, 0.25) is 11.8 Å². The van der Waals surface area contributed by atoms with Crippen LogP contribution >= 0.6 is 0 Å². The second-order valence-corrected chi connectivity index (χ2v) is 7.88. The first-order chi connectivity index (χ1) is 9.04. The molecule has 0 unspecified atom stereocenters. The molecule has 0 saturated heterocycles. The van der Waals surface area contributed by atoms with E-state index in [9.17, 15) is 9.59 Å². The van der Waals surface area contributed by atoms with Gasteiger partial charge in [-0.05, 0) is 50.9 Å². The Morgan fingerprint density at radius 2 is 1.55 bits per heavy atom. The van der Waals surface area contributed by atoms with Crippen molar-refractivity contribution in [1.29, 1.82) is 0 Å². The molecule has 1 aliphatic carbocycles. The van der Waals surface area contributed by atoms with Crippen LogP contribution in [0.3, 0.4) is 0 Å². The first-order valence-corrected chi connectivity index (χ1v) is 7.61. The van der Waals surface area contributed by atoms with Crippen LogP contribution in [0, 0.1) is 22.7 Å². The smallest absolute Gasteiger partial charge is 0.224 e. The Morgan fingerprint density at radius 1 is 1.05 bits per heavy atom. The monoisotopic (exact) mass is 282 g/mol. The molecule has 1 rings (SSSR count). The van der Waals surface area contributed by atoms with E-state index in [0.29, 0.717) is 17.9 Å². The topological polar surface area (TPSA) is 72.2 Å². The number of rotatable bonds is 4. The number of carbonyl (C=O) groups is 2. The highest BCUT2D eigenvalue weighted by atomic mass is 16.2. The molecule has 116 valence electrons. The molecule has 0 aromatic heterocycles. The van der Waals surface area contributed by atoms with Gasteiger partial charge < -0.3 is 11.1 Å². The number of hydrogen-bond donors (Lipinski definition) is 2. The third kappa shape index (κ3) is 4.50. The van der Waals surface area contributed by atoms with Crippen LogP contribution in [-0.4, -0.2) is 18.4 Å². The average molecular weight is 282 g/mol. The summed E-state index contributed by atoms with van der Waals surface area (Å²) in [6, 6.07) is 0. The van der Waals surface area contributed by atoms with E-state index in [4.69, 9.17) is 5.73 Å². The summed E-state index contributed by atoms with van der Waals surface area (Å²) >= 11 is 0. The quantitative estimate of drug-likeness (QED) is 0.831. The van der Waals surface area contributed by atoms with E-state index in [0.717, 1.165) is 25.7 Å². The van der Waals surface area contributed by atoms with E-state index in [1.54, 1.807) is 13.8 Å². The molecule has 4 nitrogen and oxygen atoms in total. The lowest BCUT2D eigenvalue weighted by Gasteiger charge is -2.36. The maximum absolute atomic E-state index is 12.2. The highest BCUT2D eigenvalue weighted by Crippen LogP contribution is 2.39. The van der Waals surface area contributed by atoms with Gasteiger partial charge in [0.05, 0.1) is 5.41 Å². The summed E-state index contributed by atoms with van der Waals surface area (Å²) in [6.07, 6.45) is 4.12. The van der Waals surface area contributed by atoms with Crippen molar-refractivity contribution in [3.63, 3.8) is 0 Å². The SMILES string of the molecule is CC(C)(CNC(=O)C1CCC(C(C)(C)C)CC1)C(N)=O. The standard InChI is InChI=1S/C16H30N2O2/c1-15(2,3)12-8-6-11(7-9-12)13(19)18-10-16(4,5)14(17)20/h11-12H,6-10H2,1-5H3,(H2,17,20)(H,18,19). The van der Waals surface area contributed by atoms with Crippen molar-refractivity contribution < 1.29 is 9.59 Å². The van der Waals surface area contributed by atoms with Gasteiger partial charge in [-0.25, -0.2) is 0 Å². The van der Waals surface area contributed by atoms with Gasteiger partial charge in [-0.3, -0.25) is 9.59 Å². The lowest BCUT2D eigenvalue weighted by Crippen LogP contribution is -2.44. The third-order valence-electron chi connectivity index (χ3n) is 4.69. The Morgan fingerprint density at radius 3 is 1.95 bits per heavy atom. The molecule has 20 heavy (non-hydrogen) atoms. The third-order valence-corrected chi connectivity index (χ3v) is 4.69. The molecule has 3 N–H and O–H groups in total. The van der Waals surface area contributed by atoms with Crippen molar-refractivity contribution in [2.75, 3.05) is 6.54 Å². The van der Waals surface area contributed by atoms with Gasteiger partial charge >= 0.3 is 0 Å². The Labute approximate surface area is 122 Å². The minimum absolute atomic E-state index is 0.0756. The number of nitrogens with one attached hydrogen (secondary N) is 1. The lowest BCUT2D eigenvalue weighted by atomic mass is 9.69. The van der Waals surface area contributed by atoms with Crippen molar-refractivity contribution >= 4 is 11.8 Å². The molecular weight excluding hydrogens is 252 g/mol. The van der Waals surface area contributed by atoms with Gasteiger partial charge in [-0.1, -0.05) is 20.8 Å². The number of carbonyl (C=O) groups excluding carboxylic acids is 2. The highest BCUT2D eigenvalue weighted by Gasteiger charge is 2.33. The zero-order chi connectivity index (χ0) is 15.6. The Kier molecular flexibility index (Phi) is 5.22. The van der Waals surface area contributed by atoms with Crippen LogP contribution in [0.25, 0.3) is 0 Å². The van der Waals surface area contributed by atoms with Crippen molar-refractivity contribution in [3.05, 3.63) is 0 Å². The first kappa shape index (κ1) is 17.0. The maximum Gasteiger partial charge on any atom is 0.224 e. The molecule has 0 spiro atoms. The summed E-state index contributed by atoms with van der Waals surface area (Å²) in [6.45, 7) is 10.6. The highest BCUT2D eigenvalue weighted by molar-refractivity contribution is 5.82. The minimum atomic E-state index is -0.682. The molecule has 1 aliphatic rings. The normalized spacial score (nSPS) is 24.2. The Hall–Kier alpha value is -1.06. The molecule has 0 aromatic carbocycles. The molecule has 0 aromatic rings. The fourth-order valence-electron chi connectivity index (χ4n) is 2.76. The second kappa shape index (κ2) is 6.15. The summed E-state index contributed by atoms with van der Waals surface area (Å²) in [7, 11) is 0. The molecule has 0 heterocycles. The molecule has 1 saturated carbocycles. The van der Waals surface area contributed by atoms with E-state index in [-0.39, 0.29) is 17.7 Å². The molecule has 0 atom stereocenters. The van der Waals surface area contributed by atoms with E-state index >= 15 is 0 Å². The fraction of sp³-hybridized carbons (Fsp3) is 0.875. The number of amides is 2. The fourth-order valence-corrected chi connectivity index (χ4v) is 2.76. The van der Waals surface area contributed by atoms with Crippen LogP contribution in [-0.2, 0) is 9.59 Å². The Balaban J connectivity index is 2.42. The van der Waals surface area contributed by atoms with Gasteiger partial charge in [-0.2, -0.15) is 0 Å². The van der Waals surface area contributed by atoms with Gasteiger partial charge in [0.25, 0.3) is 0 Å². The number of nitrogens with two attached hydrogens (primary N) is 1. The lowest BCUT2D eigenvalue weighted by molar-refractivity contribution is -0.129. The van der Waals surface area contributed by atoms with Crippen molar-refractivity contribution in [3.8, 4) is 0 Å². The minimum Gasteiger partial charge on any atom is -0.369 e. The largest absolute Gasteiger partial charge is 0.369 e. The van der Waals surface area contributed by atoms with Crippen LogP contribution in [0.4, 0.5) is 0 Å². The van der Waals surface area contributed by atoms with E-state index in [1.807, 2.05) is 0 Å². The van der Waals surface area contributed by atoms with E-state index < -0.39 is 5.41 Å². The zero-order valence-corrected chi connectivity index (χ0v) is 13.6. The van der Waals surface area contributed by atoms with Crippen LogP contribution in [0.1, 0.15) is 60.3 Å². The zero-order valence-electron chi connectivity index (χ0n) is 13.6. The number of hydrogen-bond acceptors (Lipinski definition) is 2. The summed E-state index contributed by atoms with van der Waals surface area (Å²) in [5.74, 6) is 0.492. The van der Waals surface area contributed by atoms with Crippen molar-refractivity contribution in [1.82, 2.24) is 5.32 Å². The van der Waals surface area contributed by atoms with Crippen LogP contribution < -0.4 is 11.1 Å². The van der Waals surface area contributed by atoms with Crippen molar-refractivity contribution in [2.24, 2.45) is 28.4 Å². The summed E-state index contributed by atoms with van der Waals surface area (Å²) in [4.78, 5) is 23.4. The van der Waals surface area contributed by atoms with Crippen molar-refractivity contribution in [2.45, 2.75) is 60.3 Å². The number of primary amides is 1. The average Bonchev–Trinajstić information content (AvgIpc) is 2.35. The molecule has 0 bridgehead atoms. The second-order valence-electron chi connectivity index (χ2n) is 7.88. The predicted octanol–water partition coefficient (Wildman–Crippen LogP) is 2.47. The predicted molar refractivity (Wildman–Crippen MR) is 80.9 cm³/mol. The molecule has 0 aliphatic heterocycles. The van der Waals surface area contributed by atoms with Crippen LogP contribution in [0.15, 0.2) is 0 Å².